The van der Waals surface area contributed by atoms with Gasteiger partial charge in [0, 0.05) is 18.0 Å². The average molecular weight is 308 g/mol. The molecular formula is C15H20N2OS2. The van der Waals surface area contributed by atoms with E-state index in [4.69, 9.17) is 0 Å². The Kier molecular flexibility index (Phi) is 5.20. The summed E-state index contributed by atoms with van der Waals surface area (Å²) in [5.74, 6) is 0. The molecule has 3 nitrogen and oxygen atoms in total. The van der Waals surface area contributed by atoms with E-state index >= 15 is 0 Å². The molecular weight excluding hydrogens is 288 g/mol. The molecule has 0 fully saturated rings. The number of urea groups is 1. The molecule has 2 atom stereocenters. The molecule has 2 aromatic heterocycles. The third-order valence-electron chi connectivity index (χ3n) is 3.35. The van der Waals surface area contributed by atoms with Crippen molar-refractivity contribution in [3.05, 3.63) is 44.8 Å². The number of carbonyl (C=O) groups is 1. The van der Waals surface area contributed by atoms with E-state index in [2.05, 4.69) is 35.1 Å². The fourth-order valence-electron chi connectivity index (χ4n) is 2.02. The zero-order valence-electron chi connectivity index (χ0n) is 12.0. The summed E-state index contributed by atoms with van der Waals surface area (Å²) in [6.45, 7) is 4.09. The van der Waals surface area contributed by atoms with Gasteiger partial charge in [-0.15, -0.1) is 11.3 Å². The maximum Gasteiger partial charge on any atom is 0.317 e. The van der Waals surface area contributed by atoms with Gasteiger partial charge < -0.3 is 10.2 Å². The molecule has 0 saturated carbocycles. The van der Waals surface area contributed by atoms with E-state index in [9.17, 15) is 4.79 Å². The van der Waals surface area contributed by atoms with Crippen molar-refractivity contribution >= 4 is 28.7 Å². The predicted molar refractivity (Wildman–Crippen MR) is 86.5 cm³/mol. The molecule has 0 aliphatic carbocycles. The minimum Gasteiger partial charge on any atom is -0.335 e. The van der Waals surface area contributed by atoms with Gasteiger partial charge in [-0.3, -0.25) is 0 Å². The first kappa shape index (κ1) is 15.1. The van der Waals surface area contributed by atoms with E-state index in [1.54, 1.807) is 27.6 Å². The average Bonchev–Trinajstić information content (AvgIpc) is 3.09. The summed E-state index contributed by atoms with van der Waals surface area (Å²) in [5, 5.41) is 9.29. The topological polar surface area (TPSA) is 32.3 Å². The van der Waals surface area contributed by atoms with Crippen LogP contribution in [0.3, 0.4) is 0 Å². The van der Waals surface area contributed by atoms with Crippen molar-refractivity contribution in [2.45, 2.75) is 32.4 Å². The standard InChI is InChI=1S/C15H20N2OS2/c1-11(9-13-6-8-19-10-13)16-15(18)17(3)12(2)14-5-4-7-20-14/h4-8,10-12H,9H2,1-3H3,(H,16,18)/t11-,12+/m0/s1. The van der Waals surface area contributed by atoms with Crippen molar-refractivity contribution in [3.8, 4) is 0 Å². The highest BCUT2D eigenvalue weighted by molar-refractivity contribution is 7.10. The molecule has 0 spiro atoms. The lowest BCUT2D eigenvalue weighted by atomic mass is 10.1. The van der Waals surface area contributed by atoms with Gasteiger partial charge in [-0.1, -0.05) is 6.07 Å². The molecule has 108 valence electrons. The largest absolute Gasteiger partial charge is 0.335 e. The quantitative estimate of drug-likeness (QED) is 0.884. The molecule has 0 aliphatic heterocycles. The molecule has 0 aromatic carbocycles. The Balaban J connectivity index is 1.87. The lowest BCUT2D eigenvalue weighted by Gasteiger charge is -2.26. The summed E-state index contributed by atoms with van der Waals surface area (Å²) in [6, 6.07) is 6.40. The number of nitrogens with one attached hydrogen (secondary N) is 1. The minimum atomic E-state index is -0.0198. The molecule has 20 heavy (non-hydrogen) atoms. The van der Waals surface area contributed by atoms with Crippen LogP contribution < -0.4 is 5.32 Å². The molecule has 1 N–H and O–H groups in total. The van der Waals surface area contributed by atoms with Crippen molar-refractivity contribution < 1.29 is 4.79 Å². The summed E-state index contributed by atoms with van der Waals surface area (Å²) in [4.78, 5) is 15.2. The van der Waals surface area contributed by atoms with Crippen LogP contribution in [-0.2, 0) is 6.42 Å². The van der Waals surface area contributed by atoms with Gasteiger partial charge in [-0.2, -0.15) is 11.3 Å². The van der Waals surface area contributed by atoms with Gasteiger partial charge in [0.15, 0.2) is 0 Å². The van der Waals surface area contributed by atoms with Crippen LogP contribution in [0.25, 0.3) is 0 Å². The van der Waals surface area contributed by atoms with E-state index in [0.717, 1.165) is 6.42 Å². The van der Waals surface area contributed by atoms with Crippen molar-refractivity contribution in [2.75, 3.05) is 7.05 Å². The Hall–Kier alpha value is -1.33. The highest BCUT2D eigenvalue weighted by Gasteiger charge is 2.19. The summed E-state index contributed by atoms with van der Waals surface area (Å²) in [7, 11) is 1.84. The predicted octanol–water partition coefficient (Wildman–Crippen LogP) is 4.14. The Morgan fingerprint density at radius 1 is 1.35 bits per heavy atom. The normalized spacial score (nSPS) is 13.8. The fraction of sp³-hybridized carbons (Fsp3) is 0.400. The monoisotopic (exact) mass is 308 g/mol. The van der Waals surface area contributed by atoms with Crippen molar-refractivity contribution in [1.29, 1.82) is 0 Å². The maximum absolute atomic E-state index is 12.2. The molecule has 2 aromatic rings. The molecule has 2 amide bonds. The van der Waals surface area contributed by atoms with Gasteiger partial charge >= 0.3 is 6.03 Å². The third kappa shape index (κ3) is 3.84. The first-order chi connectivity index (χ1) is 9.58. The van der Waals surface area contributed by atoms with Crippen LogP contribution in [0.15, 0.2) is 34.3 Å². The number of amides is 2. The number of carbonyl (C=O) groups excluding carboxylic acids is 1. The number of hydrogen-bond donors (Lipinski definition) is 1. The Morgan fingerprint density at radius 3 is 2.75 bits per heavy atom. The van der Waals surface area contributed by atoms with Gasteiger partial charge in [-0.25, -0.2) is 4.79 Å². The molecule has 0 saturated heterocycles. The molecule has 0 bridgehead atoms. The van der Waals surface area contributed by atoms with Crippen LogP contribution in [0.5, 0.6) is 0 Å². The van der Waals surface area contributed by atoms with Crippen LogP contribution >= 0.6 is 22.7 Å². The summed E-state index contributed by atoms with van der Waals surface area (Å²) >= 11 is 3.37. The lowest BCUT2D eigenvalue weighted by molar-refractivity contribution is 0.192. The Morgan fingerprint density at radius 2 is 2.15 bits per heavy atom. The van der Waals surface area contributed by atoms with Crippen molar-refractivity contribution in [1.82, 2.24) is 10.2 Å². The number of thiophene rings is 2. The van der Waals surface area contributed by atoms with E-state index in [-0.39, 0.29) is 18.1 Å². The lowest BCUT2D eigenvalue weighted by Crippen LogP contribution is -2.43. The van der Waals surface area contributed by atoms with Crippen molar-refractivity contribution in [2.24, 2.45) is 0 Å². The van der Waals surface area contributed by atoms with Crippen molar-refractivity contribution in [3.63, 3.8) is 0 Å². The zero-order valence-corrected chi connectivity index (χ0v) is 13.6. The van der Waals surface area contributed by atoms with Crippen LogP contribution in [0.2, 0.25) is 0 Å². The van der Waals surface area contributed by atoms with Gasteiger partial charge in [0.25, 0.3) is 0 Å². The second kappa shape index (κ2) is 6.90. The van der Waals surface area contributed by atoms with Crippen LogP contribution in [-0.4, -0.2) is 24.0 Å². The zero-order chi connectivity index (χ0) is 14.5. The SMILES string of the molecule is C[C@H](c1cccs1)N(C)C(=O)N[C@@H](C)Cc1ccsc1. The van der Waals surface area contributed by atoms with Gasteiger partial charge in [0.05, 0.1) is 6.04 Å². The highest BCUT2D eigenvalue weighted by atomic mass is 32.1. The van der Waals surface area contributed by atoms with E-state index in [1.165, 1.54) is 10.4 Å². The molecule has 5 heteroatoms. The van der Waals surface area contributed by atoms with Gasteiger partial charge in [-0.05, 0) is 54.1 Å². The second-order valence-electron chi connectivity index (χ2n) is 4.99. The van der Waals surface area contributed by atoms with E-state index in [0.29, 0.717) is 0 Å². The Labute approximate surface area is 128 Å². The molecule has 2 rings (SSSR count). The molecule has 0 unspecified atom stereocenters. The maximum atomic E-state index is 12.2. The van der Waals surface area contributed by atoms with E-state index in [1.807, 2.05) is 25.4 Å². The second-order valence-corrected chi connectivity index (χ2v) is 6.75. The molecule has 0 aliphatic rings. The Bertz CT molecular complexity index is 522. The first-order valence-electron chi connectivity index (χ1n) is 6.65. The van der Waals surface area contributed by atoms with Gasteiger partial charge in [0.2, 0.25) is 0 Å². The van der Waals surface area contributed by atoms with Crippen LogP contribution in [0.4, 0.5) is 4.79 Å². The summed E-state index contributed by atoms with van der Waals surface area (Å²) in [5.41, 5.74) is 1.27. The fourth-order valence-corrected chi connectivity index (χ4v) is 3.53. The van der Waals surface area contributed by atoms with Crippen LogP contribution in [0, 0.1) is 0 Å². The third-order valence-corrected chi connectivity index (χ3v) is 5.12. The molecule has 2 heterocycles. The van der Waals surface area contributed by atoms with E-state index < -0.39 is 0 Å². The molecule has 0 radical (unpaired) electrons. The van der Waals surface area contributed by atoms with Crippen LogP contribution in [0.1, 0.15) is 30.3 Å². The smallest absolute Gasteiger partial charge is 0.317 e. The highest BCUT2D eigenvalue weighted by Crippen LogP contribution is 2.23. The van der Waals surface area contributed by atoms with Gasteiger partial charge in [0.1, 0.15) is 0 Å². The first-order valence-corrected chi connectivity index (χ1v) is 8.48. The number of hydrogen-bond acceptors (Lipinski definition) is 3. The summed E-state index contributed by atoms with van der Waals surface area (Å²) < 4.78 is 0. The number of rotatable bonds is 5. The summed E-state index contributed by atoms with van der Waals surface area (Å²) in [6.07, 6.45) is 0.871. The minimum absolute atomic E-state index is 0.0198. The number of nitrogens with zero attached hydrogens (tertiary/aromatic N) is 1.